The molecule has 6 heteroatoms. The van der Waals surface area contributed by atoms with Gasteiger partial charge in [0, 0.05) is 31.4 Å². The quantitative estimate of drug-likeness (QED) is 0.921. The average Bonchev–Trinajstić information content (AvgIpc) is 3.11. The first kappa shape index (κ1) is 12.9. The summed E-state index contributed by atoms with van der Waals surface area (Å²) in [6, 6.07) is 3.99. The fourth-order valence-electron chi connectivity index (χ4n) is 2.92. The number of hydrogen-bond donors (Lipinski definition) is 1. The minimum absolute atomic E-state index is 0.00756. The molecule has 4 rings (SSSR count). The summed E-state index contributed by atoms with van der Waals surface area (Å²) in [7, 11) is 0. The number of aromatic nitrogens is 3. The number of pyridine rings is 1. The molecule has 0 bridgehead atoms. The third-order valence-electron chi connectivity index (χ3n) is 4.20. The predicted octanol–water partition coefficient (Wildman–Crippen LogP) is 1.65. The van der Waals surface area contributed by atoms with Gasteiger partial charge in [0.05, 0.1) is 12.1 Å². The van der Waals surface area contributed by atoms with E-state index in [2.05, 4.69) is 20.0 Å². The van der Waals surface area contributed by atoms with E-state index in [9.17, 15) is 5.11 Å². The van der Waals surface area contributed by atoms with E-state index in [4.69, 9.17) is 4.52 Å². The lowest BCUT2D eigenvalue weighted by Crippen LogP contribution is -2.24. The number of nitrogens with zero attached hydrogens (tertiary/aromatic N) is 4. The summed E-state index contributed by atoms with van der Waals surface area (Å²) in [5.41, 5.74) is 1.17. The maximum atomic E-state index is 9.99. The number of hydrogen-bond acceptors (Lipinski definition) is 6. The lowest BCUT2D eigenvalue weighted by Gasteiger charge is -2.20. The molecule has 1 N–H and O–H groups in total. The Labute approximate surface area is 122 Å². The maximum Gasteiger partial charge on any atom is 0.244 e. The van der Waals surface area contributed by atoms with Gasteiger partial charge in [0.25, 0.3) is 0 Å². The molecule has 0 radical (unpaired) electrons. The minimum atomic E-state index is -0.340. The fourth-order valence-corrected chi connectivity index (χ4v) is 2.92. The van der Waals surface area contributed by atoms with E-state index in [1.165, 1.54) is 5.56 Å². The van der Waals surface area contributed by atoms with Crippen molar-refractivity contribution in [3.05, 3.63) is 41.8 Å². The normalized spacial score (nSPS) is 26.3. The van der Waals surface area contributed by atoms with Crippen molar-refractivity contribution >= 4 is 0 Å². The average molecular weight is 286 g/mol. The van der Waals surface area contributed by atoms with Gasteiger partial charge >= 0.3 is 0 Å². The van der Waals surface area contributed by atoms with Gasteiger partial charge in [-0.15, -0.1) is 0 Å². The van der Waals surface area contributed by atoms with E-state index in [0.29, 0.717) is 24.8 Å². The van der Waals surface area contributed by atoms with Crippen LogP contribution in [0, 0.1) is 0 Å². The van der Waals surface area contributed by atoms with Gasteiger partial charge in [0.15, 0.2) is 5.82 Å². The smallest absolute Gasteiger partial charge is 0.244 e. The third-order valence-corrected chi connectivity index (χ3v) is 4.20. The number of β-amino-alcohol motifs (C(OH)–C–C–N with tert-alkyl or cyclic N) is 1. The molecule has 6 nitrogen and oxygen atoms in total. The maximum absolute atomic E-state index is 9.99. The van der Waals surface area contributed by atoms with Gasteiger partial charge in [0.1, 0.15) is 0 Å². The van der Waals surface area contributed by atoms with Crippen LogP contribution in [-0.2, 0) is 6.54 Å². The molecule has 1 aliphatic heterocycles. The third kappa shape index (κ3) is 2.69. The number of likely N-dealkylation sites (tertiary alicyclic amines) is 1. The number of aliphatic hydroxyl groups excluding tert-OH is 1. The van der Waals surface area contributed by atoms with Crippen molar-refractivity contribution in [1.29, 1.82) is 0 Å². The van der Waals surface area contributed by atoms with E-state index in [-0.39, 0.29) is 12.1 Å². The van der Waals surface area contributed by atoms with E-state index < -0.39 is 0 Å². The van der Waals surface area contributed by atoms with Crippen LogP contribution < -0.4 is 0 Å². The summed E-state index contributed by atoms with van der Waals surface area (Å²) in [5.74, 6) is 1.96. The van der Waals surface area contributed by atoms with Crippen LogP contribution in [0.5, 0.6) is 0 Å². The molecule has 110 valence electrons. The van der Waals surface area contributed by atoms with Gasteiger partial charge in [-0.2, -0.15) is 4.98 Å². The van der Waals surface area contributed by atoms with Crippen LogP contribution in [0.4, 0.5) is 0 Å². The number of rotatable bonds is 4. The monoisotopic (exact) mass is 286 g/mol. The SMILES string of the molecule is O[C@@H]1C[C@@H](c2nc(C3CC3)no2)N(Cc2ccncc2)C1. The van der Waals surface area contributed by atoms with Crippen molar-refractivity contribution in [2.45, 2.75) is 43.9 Å². The Morgan fingerprint density at radius 3 is 2.86 bits per heavy atom. The van der Waals surface area contributed by atoms with E-state index >= 15 is 0 Å². The summed E-state index contributed by atoms with van der Waals surface area (Å²) in [6.07, 6.45) is 6.20. The Balaban J connectivity index is 1.53. The molecule has 2 aromatic heterocycles. The summed E-state index contributed by atoms with van der Waals surface area (Å²) in [5, 5.41) is 14.1. The molecule has 2 atom stereocenters. The molecule has 1 saturated heterocycles. The van der Waals surface area contributed by atoms with Crippen molar-refractivity contribution in [3.63, 3.8) is 0 Å². The molecule has 1 saturated carbocycles. The molecular formula is C15H18N4O2. The van der Waals surface area contributed by atoms with Crippen molar-refractivity contribution in [3.8, 4) is 0 Å². The van der Waals surface area contributed by atoms with E-state index in [1.807, 2.05) is 12.1 Å². The Morgan fingerprint density at radius 2 is 2.10 bits per heavy atom. The van der Waals surface area contributed by atoms with Gasteiger partial charge in [-0.1, -0.05) is 5.16 Å². The Bertz CT molecular complexity index is 611. The van der Waals surface area contributed by atoms with Crippen LogP contribution in [-0.4, -0.2) is 37.8 Å². The van der Waals surface area contributed by atoms with Crippen LogP contribution >= 0.6 is 0 Å². The summed E-state index contributed by atoms with van der Waals surface area (Å²) in [6.45, 7) is 1.39. The molecule has 2 fully saturated rings. The second-order valence-electron chi connectivity index (χ2n) is 5.96. The zero-order chi connectivity index (χ0) is 14.2. The highest BCUT2D eigenvalue weighted by molar-refractivity contribution is 5.12. The Kier molecular flexibility index (Phi) is 3.20. The zero-order valence-electron chi connectivity index (χ0n) is 11.7. The predicted molar refractivity (Wildman–Crippen MR) is 74.3 cm³/mol. The standard InChI is InChI=1S/C15H18N4O2/c20-12-7-13(15-17-14(18-21-15)11-1-2-11)19(9-12)8-10-3-5-16-6-4-10/h3-6,11-13,20H,1-2,7-9H2/t12-,13+/m1/s1. The molecule has 21 heavy (non-hydrogen) atoms. The Morgan fingerprint density at radius 1 is 1.29 bits per heavy atom. The molecule has 0 aromatic carbocycles. The molecular weight excluding hydrogens is 268 g/mol. The minimum Gasteiger partial charge on any atom is -0.392 e. The van der Waals surface area contributed by atoms with Crippen molar-refractivity contribution in [2.24, 2.45) is 0 Å². The van der Waals surface area contributed by atoms with E-state index in [0.717, 1.165) is 25.2 Å². The first-order valence-electron chi connectivity index (χ1n) is 7.44. The largest absolute Gasteiger partial charge is 0.392 e. The lowest BCUT2D eigenvalue weighted by atomic mass is 10.2. The highest BCUT2D eigenvalue weighted by Gasteiger charge is 2.37. The van der Waals surface area contributed by atoms with Crippen LogP contribution in [0.1, 0.15) is 48.5 Å². The zero-order valence-corrected chi connectivity index (χ0v) is 11.7. The molecule has 0 spiro atoms. The second-order valence-corrected chi connectivity index (χ2v) is 5.96. The van der Waals surface area contributed by atoms with Crippen molar-refractivity contribution in [1.82, 2.24) is 20.0 Å². The summed E-state index contributed by atoms with van der Waals surface area (Å²) in [4.78, 5) is 10.8. The first-order valence-corrected chi connectivity index (χ1v) is 7.44. The van der Waals surface area contributed by atoms with Crippen molar-refractivity contribution in [2.75, 3.05) is 6.54 Å². The second kappa shape index (κ2) is 5.20. The molecule has 2 aliphatic rings. The van der Waals surface area contributed by atoms with Gasteiger partial charge in [-0.25, -0.2) is 0 Å². The van der Waals surface area contributed by atoms with Gasteiger partial charge in [-0.3, -0.25) is 9.88 Å². The van der Waals surface area contributed by atoms with E-state index in [1.54, 1.807) is 12.4 Å². The van der Waals surface area contributed by atoms with Crippen LogP contribution in [0.3, 0.4) is 0 Å². The molecule has 1 aliphatic carbocycles. The molecule has 0 amide bonds. The Hall–Kier alpha value is -1.79. The van der Waals surface area contributed by atoms with Gasteiger partial charge < -0.3 is 9.63 Å². The molecule has 3 heterocycles. The first-order chi connectivity index (χ1) is 10.3. The number of aliphatic hydroxyl groups is 1. The van der Waals surface area contributed by atoms with Crippen LogP contribution in [0.2, 0.25) is 0 Å². The highest BCUT2D eigenvalue weighted by Crippen LogP contribution is 2.40. The van der Waals surface area contributed by atoms with Crippen LogP contribution in [0.25, 0.3) is 0 Å². The molecule has 0 unspecified atom stereocenters. The van der Waals surface area contributed by atoms with Gasteiger partial charge in [0.2, 0.25) is 5.89 Å². The lowest BCUT2D eigenvalue weighted by molar-refractivity contribution is 0.169. The topological polar surface area (TPSA) is 75.3 Å². The summed E-state index contributed by atoms with van der Waals surface area (Å²) >= 11 is 0. The fraction of sp³-hybridized carbons (Fsp3) is 0.533. The highest BCUT2D eigenvalue weighted by atomic mass is 16.5. The molecule has 2 aromatic rings. The summed E-state index contributed by atoms with van der Waals surface area (Å²) < 4.78 is 5.44. The van der Waals surface area contributed by atoms with Crippen molar-refractivity contribution < 1.29 is 9.63 Å². The van der Waals surface area contributed by atoms with Gasteiger partial charge in [-0.05, 0) is 37.0 Å². The van der Waals surface area contributed by atoms with Crippen LogP contribution in [0.15, 0.2) is 29.0 Å².